The second kappa shape index (κ2) is 7.99. The molecule has 1 aliphatic rings. The first-order valence-electron chi connectivity index (χ1n) is 8.53. The van der Waals surface area contributed by atoms with Crippen LogP contribution in [-0.4, -0.2) is 54.7 Å². The summed E-state index contributed by atoms with van der Waals surface area (Å²) in [6.07, 6.45) is 1.50. The Hall–Kier alpha value is -2.22. The molecule has 1 aromatic carbocycles. The number of nitrogens with zero attached hydrogens (tertiary/aromatic N) is 5. The third-order valence-electron chi connectivity index (χ3n) is 4.44. The number of anilines is 2. The minimum atomic E-state index is -0.254. The van der Waals surface area contributed by atoms with Crippen molar-refractivity contribution in [2.75, 3.05) is 43.6 Å². The van der Waals surface area contributed by atoms with Crippen LogP contribution in [0, 0.1) is 5.92 Å². The van der Waals surface area contributed by atoms with Crippen LogP contribution in [0.5, 0.6) is 0 Å². The summed E-state index contributed by atoms with van der Waals surface area (Å²) in [5, 5.41) is 0. The fourth-order valence-electron chi connectivity index (χ4n) is 3.15. The lowest BCUT2D eigenvalue weighted by Gasteiger charge is -2.18. The molecular weight excluding hydrogens is 398 g/mol. The minimum Gasteiger partial charge on any atom is -0.466 e. The molecule has 0 unspecified atom stereocenters. The van der Waals surface area contributed by atoms with E-state index in [0.29, 0.717) is 31.6 Å². The first-order valence-corrected chi connectivity index (χ1v) is 9.32. The quantitative estimate of drug-likeness (QED) is 0.689. The highest BCUT2D eigenvalue weighted by Crippen LogP contribution is 2.35. The van der Waals surface area contributed by atoms with Crippen LogP contribution in [0.15, 0.2) is 35.1 Å². The molecule has 1 aliphatic heterocycles. The summed E-state index contributed by atoms with van der Waals surface area (Å²) in [5.41, 5.74) is 1.11. The second-order valence-electron chi connectivity index (χ2n) is 6.40. The maximum absolute atomic E-state index is 12.5. The molecule has 8 heteroatoms. The molecule has 138 valence electrons. The molecule has 1 fully saturated rings. The topological polar surface area (TPSA) is 71.5 Å². The number of esters is 1. The van der Waals surface area contributed by atoms with E-state index < -0.39 is 0 Å². The standard InChI is InChI=1S/C18H22BrN5O2/c1-4-26-16(25)15-10-24(18-21-11-20-17(22-18)23(2)3)9-14(15)12-5-7-13(19)8-6-12/h5-8,11,14-15H,4,9-10H2,1-3H3/t14-,15+/m1/s1. The zero-order chi connectivity index (χ0) is 18.7. The SMILES string of the molecule is CCOC(=O)[C@H]1CN(c2ncnc(N(C)C)n2)C[C@@H]1c1ccc(Br)cc1. The number of carbonyl (C=O) groups is 1. The molecule has 0 spiro atoms. The number of carbonyl (C=O) groups excluding carboxylic acids is 1. The van der Waals surface area contributed by atoms with Gasteiger partial charge >= 0.3 is 5.97 Å². The van der Waals surface area contributed by atoms with Gasteiger partial charge in [0.25, 0.3) is 0 Å². The van der Waals surface area contributed by atoms with Gasteiger partial charge in [-0.05, 0) is 24.6 Å². The third kappa shape index (κ3) is 3.95. The van der Waals surface area contributed by atoms with E-state index in [1.165, 1.54) is 6.33 Å². The molecule has 0 aliphatic carbocycles. The first kappa shape index (κ1) is 18.6. The van der Waals surface area contributed by atoms with Crippen LogP contribution in [0.1, 0.15) is 18.4 Å². The van der Waals surface area contributed by atoms with E-state index in [9.17, 15) is 4.79 Å². The molecule has 2 heterocycles. The van der Waals surface area contributed by atoms with Crippen LogP contribution in [0.3, 0.4) is 0 Å². The average Bonchev–Trinajstić information content (AvgIpc) is 3.08. The smallest absolute Gasteiger partial charge is 0.311 e. The van der Waals surface area contributed by atoms with Gasteiger partial charge in [0.15, 0.2) is 0 Å². The zero-order valence-electron chi connectivity index (χ0n) is 15.1. The van der Waals surface area contributed by atoms with Gasteiger partial charge in [0.05, 0.1) is 12.5 Å². The largest absolute Gasteiger partial charge is 0.466 e. The average molecular weight is 420 g/mol. The van der Waals surface area contributed by atoms with Crippen molar-refractivity contribution in [1.82, 2.24) is 15.0 Å². The van der Waals surface area contributed by atoms with Crippen molar-refractivity contribution in [2.45, 2.75) is 12.8 Å². The summed E-state index contributed by atoms with van der Waals surface area (Å²) >= 11 is 3.46. The van der Waals surface area contributed by atoms with Crippen LogP contribution in [-0.2, 0) is 9.53 Å². The highest BCUT2D eigenvalue weighted by molar-refractivity contribution is 9.10. The van der Waals surface area contributed by atoms with Crippen molar-refractivity contribution in [3.8, 4) is 0 Å². The van der Waals surface area contributed by atoms with E-state index in [-0.39, 0.29) is 17.8 Å². The number of rotatable bonds is 5. The van der Waals surface area contributed by atoms with Gasteiger partial charge in [0, 0.05) is 37.6 Å². The Morgan fingerprint density at radius 2 is 2.00 bits per heavy atom. The second-order valence-corrected chi connectivity index (χ2v) is 7.32. The normalized spacial score (nSPS) is 19.5. The van der Waals surface area contributed by atoms with E-state index >= 15 is 0 Å². The van der Waals surface area contributed by atoms with Crippen LogP contribution in [0.25, 0.3) is 0 Å². The molecule has 0 bridgehead atoms. The van der Waals surface area contributed by atoms with Crippen molar-refractivity contribution >= 4 is 33.8 Å². The number of hydrogen-bond acceptors (Lipinski definition) is 7. The number of aromatic nitrogens is 3. The molecule has 3 rings (SSSR count). The molecule has 2 aromatic rings. The van der Waals surface area contributed by atoms with Gasteiger partial charge in [0.1, 0.15) is 6.33 Å². The molecule has 26 heavy (non-hydrogen) atoms. The van der Waals surface area contributed by atoms with Crippen LogP contribution in [0.2, 0.25) is 0 Å². The summed E-state index contributed by atoms with van der Waals surface area (Å²) in [4.78, 5) is 29.4. The Morgan fingerprint density at radius 1 is 1.27 bits per heavy atom. The zero-order valence-corrected chi connectivity index (χ0v) is 16.7. The van der Waals surface area contributed by atoms with Gasteiger partial charge in [-0.25, -0.2) is 9.97 Å². The summed E-state index contributed by atoms with van der Waals surface area (Å²) in [5.74, 6) is 0.773. The fourth-order valence-corrected chi connectivity index (χ4v) is 3.41. The summed E-state index contributed by atoms with van der Waals surface area (Å²) in [6, 6.07) is 8.08. The Labute approximate surface area is 161 Å². The molecule has 1 saturated heterocycles. The van der Waals surface area contributed by atoms with Crippen LogP contribution < -0.4 is 9.80 Å². The Kier molecular flexibility index (Phi) is 5.70. The molecule has 0 saturated carbocycles. The lowest BCUT2D eigenvalue weighted by atomic mass is 9.89. The monoisotopic (exact) mass is 419 g/mol. The van der Waals surface area contributed by atoms with Gasteiger partial charge in [-0.1, -0.05) is 28.1 Å². The molecule has 0 N–H and O–H groups in total. The molecule has 2 atom stereocenters. The lowest BCUT2D eigenvalue weighted by molar-refractivity contribution is -0.147. The van der Waals surface area contributed by atoms with Gasteiger partial charge < -0.3 is 14.5 Å². The first-order chi connectivity index (χ1) is 12.5. The molecule has 1 aromatic heterocycles. The predicted molar refractivity (Wildman–Crippen MR) is 103 cm³/mol. The summed E-state index contributed by atoms with van der Waals surface area (Å²) < 4.78 is 6.32. The number of hydrogen-bond donors (Lipinski definition) is 0. The maximum Gasteiger partial charge on any atom is 0.311 e. The van der Waals surface area contributed by atoms with Gasteiger partial charge in [-0.2, -0.15) is 4.98 Å². The number of halogens is 1. The van der Waals surface area contributed by atoms with E-state index in [2.05, 4.69) is 30.9 Å². The number of ether oxygens (including phenoxy) is 1. The van der Waals surface area contributed by atoms with E-state index in [1.807, 2.05) is 55.1 Å². The van der Waals surface area contributed by atoms with Crippen molar-refractivity contribution in [2.24, 2.45) is 5.92 Å². The van der Waals surface area contributed by atoms with E-state index in [4.69, 9.17) is 4.74 Å². The van der Waals surface area contributed by atoms with Gasteiger partial charge in [-0.3, -0.25) is 4.79 Å². The van der Waals surface area contributed by atoms with Crippen molar-refractivity contribution < 1.29 is 9.53 Å². The fraction of sp³-hybridized carbons (Fsp3) is 0.444. The highest BCUT2D eigenvalue weighted by Gasteiger charge is 2.40. The minimum absolute atomic E-state index is 0.0294. The predicted octanol–water partition coefficient (Wildman–Crippen LogP) is 2.48. The Morgan fingerprint density at radius 3 is 2.65 bits per heavy atom. The Balaban J connectivity index is 1.89. The van der Waals surface area contributed by atoms with Gasteiger partial charge in [-0.15, -0.1) is 0 Å². The summed E-state index contributed by atoms with van der Waals surface area (Å²) in [6.45, 7) is 3.38. The van der Waals surface area contributed by atoms with E-state index in [0.717, 1.165) is 10.0 Å². The van der Waals surface area contributed by atoms with E-state index in [1.54, 1.807) is 0 Å². The third-order valence-corrected chi connectivity index (χ3v) is 4.97. The molecule has 7 nitrogen and oxygen atoms in total. The van der Waals surface area contributed by atoms with Crippen molar-refractivity contribution in [3.63, 3.8) is 0 Å². The highest BCUT2D eigenvalue weighted by atomic mass is 79.9. The molecule has 0 amide bonds. The maximum atomic E-state index is 12.5. The molecule has 0 radical (unpaired) electrons. The number of benzene rings is 1. The van der Waals surface area contributed by atoms with Crippen molar-refractivity contribution in [3.05, 3.63) is 40.6 Å². The van der Waals surface area contributed by atoms with Crippen LogP contribution >= 0.6 is 15.9 Å². The van der Waals surface area contributed by atoms with Crippen LogP contribution in [0.4, 0.5) is 11.9 Å². The van der Waals surface area contributed by atoms with Crippen molar-refractivity contribution in [1.29, 1.82) is 0 Å². The Bertz CT molecular complexity index is 768. The summed E-state index contributed by atoms with van der Waals surface area (Å²) in [7, 11) is 3.77. The van der Waals surface area contributed by atoms with Gasteiger partial charge in [0.2, 0.25) is 11.9 Å². The lowest BCUT2D eigenvalue weighted by Crippen LogP contribution is -2.26. The molecular formula is C18H22BrN5O2.